The lowest BCUT2D eigenvalue weighted by Crippen LogP contribution is -2.11. The molecule has 1 aromatic heterocycles. The number of hydrogen-bond donors (Lipinski definition) is 1. The van der Waals surface area contributed by atoms with Gasteiger partial charge in [-0.3, -0.25) is 4.79 Å². The quantitative estimate of drug-likeness (QED) is 0.679. The molecule has 1 N–H and O–H groups in total. The molecule has 0 saturated carbocycles. The van der Waals surface area contributed by atoms with Gasteiger partial charge in [-0.2, -0.15) is 0 Å². The number of aryl methyl sites for hydroxylation is 2. The maximum absolute atomic E-state index is 12.7. The van der Waals surface area contributed by atoms with Gasteiger partial charge in [0, 0.05) is 17.7 Å². The van der Waals surface area contributed by atoms with Crippen LogP contribution in [0.15, 0.2) is 29.1 Å². The molecular weight excluding hydrogens is 343 g/mol. The van der Waals surface area contributed by atoms with E-state index >= 15 is 0 Å². The molecule has 1 heterocycles. The number of nitrogens with one attached hydrogen (secondary N) is 1. The summed E-state index contributed by atoms with van der Waals surface area (Å²) in [5.41, 5.74) is 3.10. The molecule has 0 saturated heterocycles. The minimum absolute atomic E-state index is 0.254. The minimum Gasteiger partial charge on any atom is -0.497 e. The Morgan fingerprint density at radius 2 is 1.78 bits per heavy atom. The van der Waals surface area contributed by atoms with Crippen LogP contribution < -0.4 is 19.8 Å². The van der Waals surface area contributed by atoms with Gasteiger partial charge in [-0.15, -0.1) is 0 Å². The Morgan fingerprint density at radius 3 is 2.37 bits per heavy atom. The third kappa shape index (κ3) is 3.63. The zero-order chi connectivity index (χ0) is 19.6. The number of aromatic amines is 1. The first kappa shape index (κ1) is 18.8. The molecule has 0 atom stereocenters. The molecule has 0 spiro atoms. The van der Waals surface area contributed by atoms with Crippen LogP contribution in [0, 0.1) is 13.8 Å². The maximum Gasteiger partial charge on any atom is 0.262 e. The summed E-state index contributed by atoms with van der Waals surface area (Å²) >= 11 is 0. The average molecular weight is 366 g/mol. The van der Waals surface area contributed by atoms with Crippen molar-refractivity contribution in [3.63, 3.8) is 0 Å². The molecule has 2 aromatic carbocycles. The lowest BCUT2D eigenvalue weighted by Gasteiger charge is -2.14. The number of fused-ring (bicyclic) bond motifs is 1. The van der Waals surface area contributed by atoms with Crippen LogP contribution in [-0.4, -0.2) is 38.6 Å². The summed E-state index contributed by atoms with van der Waals surface area (Å²) in [4.78, 5) is 20.2. The standard InChI is InChI=1S/C20H23BN2O4/c1-11-7-13(8-12(2)18(11)27-6-5-21)19-22-15-9-14(25-3)10-16(26-4)17(15)20(24)23-19/h7-10H,5-6,21H2,1-4H3,(H,22,23,24). The molecular formula is C20H23BN2O4. The highest BCUT2D eigenvalue weighted by Gasteiger charge is 2.14. The molecule has 3 rings (SSSR count). The molecule has 6 nitrogen and oxygen atoms in total. The third-order valence-corrected chi connectivity index (χ3v) is 4.39. The van der Waals surface area contributed by atoms with E-state index in [4.69, 9.17) is 14.2 Å². The highest BCUT2D eigenvalue weighted by atomic mass is 16.5. The van der Waals surface area contributed by atoms with Gasteiger partial charge in [0.05, 0.1) is 26.3 Å². The van der Waals surface area contributed by atoms with Crippen LogP contribution in [0.1, 0.15) is 11.1 Å². The van der Waals surface area contributed by atoms with Gasteiger partial charge in [-0.1, -0.05) is 0 Å². The second-order valence-electron chi connectivity index (χ2n) is 6.43. The van der Waals surface area contributed by atoms with Crippen molar-refractivity contribution in [2.75, 3.05) is 20.8 Å². The minimum atomic E-state index is -0.254. The van der Waals surface area contributed by atoms with Gasteiger partial charge in [-0.05, 0) is 43.4 Å². The van der Waals surface area contributed by atoms with Gasteiger partial charge >= 0.3 is 0 Å². The van der Waals surface area contributed by atoms with Crippen LogP contribution in [0.25, 0.3) is 22.3 Å². The molecule has 0 aliphatic heterocycles. The predicted molar refractivity (Wildman–Crippen MR) is 109 cm³/mol. The topological polar surface area (TPSA) is 73.4 Å². The fraction of sp³-hybridized carbons (Fsp3) is 0.300. The fourth-order valence-electron chi connectivity index (χ4n) is 3.15. The Bertz CT molecular complexity index is 1020. The number of benzene rings is 2. The van der Waals surface area contributed by atoms with Gasteiger partial charge < -0.3 is 19.2 Å². The van der Waals surface area contributed by atoms with E-state index in [0.717, 1.165) is 28.8 Å². The van der Waals surface area contributed by atoms with Gasteiger partial charge in [0.2, 0.25) is 0 Å². The molecule has 140 valence electrons. The molecule has 0 bridgehead atoms. The second-order valence-corrected chi connectivity index (χ2v) is 6.43. The summed E-state index contributed by atoms with van der Waals surface area (Å²) in [6.45, 7) is 4.66. The number of aromatic nitrogens is 2. The van der Waals surface area contributed by atoms with E-state index in [2.05, 4.69) is 17.8 Å². The van der Waals surface area contributed by atoms with Crippen LogP contribution in [-0.2, 0) is 0 Å². The Labute approximate surface area is 158 Å². The summed E-state index contributed by atoms with van der Waals surface area (Å²) in [6, 6.07) is 7.35. The molecule has 27 heavy (non-hydrogen) atoms. The molecule has 0 radical (unpaired) electrons. The Hall–Kier alpha value is -2.96. The smallest absolute Gasteiger partial charge is 0.262 e. The first-order valence-electron chi connectivity index (χ1n) is 8.89. The van der Waals surface area contributed by atoms with E-state index in [0.29, 0.717) is 34.8 Å². The SMILES string of the molecule is BCCOc1c(C)cc(-c2nc3cc(OC)cc(OC)c3c(=O)[nH]2)cc1C. The molecule has 0 fully saturated rings. The highest BCUT2D eigenvalue weighted by molar-refractivity contribution is 6.08. The lowest BCUT2D eigenvalue weighted by atomic mass is 10.0. The summed E-state index contributed by atoms with van der Waals surface area (Å²) in [6.07, 6.45) is 0.948. The van der Waals surface area contributed by atoms with Crippen molar-refractivity contribution in [3.05, 3.63) is 45.7 Å². The van der Waals surface area contributed by atoms with Crippen molar-refractivity contribution >= 4 is 18.7 Å². The largest absolute Gasteiger partial charge is 0.497 e. The Balaban J connectivity index is 2.16. The van der Waals surface area contributed by atoms with Crippen molar-refractivity contribution in [1.29, 1.82) is 0 Å². The van der Waals surface area contributed by atoms with Crippen LogP contribution in [0.5, 0.6) is 17.2 Å². The van der Waals surface area contributed by atoms with Gasteiger partial charge in [0.25, 0.3) is 5.56 Å². The van der Waals surface area contributed by atoms with Gasteiger partial charge in [-0.25, -0.2) is 4.98 Å². The number of rotatable bonds is 6. The number of H-pyrrole nitrogens is 1. The molecule has 0 unspecified atom stereocenters. The van der Waals surface area contributed by atoms with Crippen LogP contribution in [0.4, 0.5) is 0 Å². The van der Waals surface area contributed by atoms with Crippen molar-refractivity contribution < 1.29 is 14.2 Å². The zero-order valence-electron chi connectivity index (χ0n) is 16.3. The summed E-state index contributed by atoms with van der Waals surface area (Å²) in [5.74, 6) is 2.39. The van der Waals surface area contributed by atoms with E-state index in [1.54, 1.807) is 19.2 Å². The van der Waals surface area contributed by atoms with Crippen molar-refractivity contribution in [2.24, 2.45) is 0 Å². The van der Waals surface area contributed by atoms with E-state index in [1.165, 1.54) is 7.11 Å². The zero-order valence-corrected chi connectivity index (χ0v) is 16.3. The van der Waals surface area contributed by atoms with Crippen molar-refractivity contribution in [1.82, 2.24) is 9.97 Å². The summed E-state index contributed by atoms with van der Waals surface area (Å²) in [7, 11) is 5.16. The molecule has 0 aliphatic rings. The molecule has 3 aromatic rings. The summed E-state index contributed by atoms with van der Waals surface area (Å²) < 4.78 is 16.5. The molecule has 0 aliphatic carbocycles. The van der Waals surface area contributed by atoms with E-state index in [1.807, 2.05) is 26.0 Å². The Kier molecular flexibility index (Phi) is 5.39. The monoisotopic (exact) mass is 366 g/mol. The van der Waals surface area contributed by atoms with Crippen molar-refractivity contribution in [2.45, 2.75) is 20.2 Å². The van der Waals surface area contributed by atoms with E-state index in [-0.39, 0.29) is 5.56 Å². The maximum atomic E-state index is 12.7. The van der Waals surface area contributed by atoms with Gasteiger partial charge in [0.1, 0.15) is 36.3 Å². The normalized spacial score (nSPS) is 10.8. The number of methoxy groups -OCH3 is 2. The highest BCUT2D eigenvalue weighted by Crippen LogP contribution is 2.31. The Morgan fingerprint density at radius 1 is 1.07 bits per heavy atom. The number of nitrogens with zero attached hydrogens (tertiary/aromatic N) is 1. The summed E-state index contributed by atoms with van der Waals surface area (Å²) in [5, 5.41) is 0.401. The fourth-order valence-corrected chi connectivity index (χ4v) is 3.15. The predicted octanol–water partition coefficient (Wildman–Crippen LogP) is 2.65. The first-order chi connectivity index (χ1) is 13.0. The van der Waals surface area contributed by atoms with E-state index < -0.39 is 0 Å². The van der Waals surface area contributed by atoms with Crippen LogP contribution in [0.2, 0.25) is 6.32 Å². The number of ether oxygens (including phenoxy) is 3. The molecule has 7 heteroatoms. The average Bonchev–Trinajstić information content (AvgIpc) is 2.66. The molecule has 0 amide bonds. The lowest BCUT2D eigenvalue weighted by molar-refractivity contribution is 0.336. The second kappa shape index (κ2) is 7.74. The van der Waals surface area contributed by atoms with Gasteiger partial charge in [0.15, 0.2) is 0 Å². The van der Waals surface area contributed by atoms with E-state index in [9.17, 15) is 4.79 Å². The van der Waals surface area contributed by atoms with Crippen molar-refractivity contribution in [3.8, 4) is 28.6 Å². The third-order valence-electron chi connectivity index (χ3n) is 4.39. The van der Waals surface area contributed by atoms with Crippen LogP contribution in [0.3, 0.4) is 0 Å². The number of hydrogen-bond acceptors (Lipinski definition) is 5. The van der Waals surface area contributed by atoms with Crippen LogP contribution >= 0.6 is 0 Å². The first-order valence-corrected chi connectivity index (χ1v) is 8.89.